The second-order valence-corrected chi connectivity index (χ2v) is 12.8. The monoisotopic (exact) mass is 700 g/mol. The van der Waals surface area contributed by atoms with Gasteiger partial charge >= 0.3 is 0 Å². The minimum Gasteiger partial charge on any atom is -0.274 e. The molecule has 0 amide bonds. The molecule has 0 aliphatic rings. The highest BCUT2D eigenvalue weighted by molar-refractivity contribution is 7.99. The molecule has 248 valence electrons. The summed E-state index contributed by atoms with van der Waals surface area (Å²) >= 11 is 2.54. The van der Waals surface area contributed by atoms with E-state index in [4.69, 9.17) is 0 Å². The van der Waals surface area contributed by atoms with Crippen LogP contribution in [0.4, 0.5) is 20.2 Å². The molecular weight excluding hydrogens is 675 g/mol. The summed E-state index contributed by atoms with van der Waals surface area (Å²) in [7, 11) is 0. The van der Waals surface area contributed by atoms with Gasteiger partial charge in [-0.3, -0.25) is 29.4 Å². The van der Waals surface area contributed by atoms with E-state index in [1.54, 1.807) is 57.7 Å². The Balaban J connectivity index is 1.15. The summed E-state index contributed by atoms with van der Waals surface area (Å²) in [4.78, 5) is 22.6. The molecule has 2 aromatic heterocycles. The summed E-state index contributed by atoms with van der Waals surface area (Å²) in [6.07, 6.45) is 3.33. The van der Waals surface area contributed by atoms with Gasteiger partial charge in [0.05, 0.1) is 21.2 Å². The van der Waals surface area contributed by atoms with Crippen LogP contribution in [-0.2, 0) is 12.8 Å². The first-order chi connectivity index (χ1) is 23.7. The molecule has 0 radical (unpaired) electrons. The van der Waals surface area contributed by atoms with E-state index in [0.717, 1.165) is 29.1 Å². The van der Waals surface area contributed by atoms with E-state index in [2.05, 4.69) is 20.4 Å². The fourth-order valence-electron chi connectivity index (χ4n) is 5.03. The van der Waals surface area contributed by atoms with Gasteiger partial charge in [0.15, 0.2) is 0 Å². The lowest BCUT2D eigenvalue weighted by atomic mass is 10.1. The summed E-state index contributed by atoms with van der Waals surface area (Å²) in [5.41, 5.74) is 1.08. The molecule has 49 heavy (non-hydrogen) atoms. The van der Waals surface area contributed by atoms with E-state index in [-0.39, 0.29) is 11.4 Å². The second-order valence-electron chi connectivity index (χ2n) is 10.7. The summed E-state index contributed by atoms with van der Waals surface area (Å²) in [5, 5.41) is 40.6. The summed E-state index contributed by atoms with van der Waals surface area (Å²) in [5.74, 6) is 0.466. The molecule has 0 aliphatic heterocycles. The van der Waals surface area contributed by atoms with Crippen LogP contribution in [0.2, 0.25) is 0 Å². The number of aromatic nitrogens is 6. The highest BCUT2D eigenvalue weighted by atomic mass is 32.2. The molecule has 0 fully saturated rings. The lowest BCUT2D eigenvalue weighted by Gasteiger charge is -2.11. The maximum absolute atomic E-state index is 14.2. The van der Waals surface area contributed by atoms with Crippen molar-refractivity contribution in [2.45, 2.75) is 52.2 Å². The number of halogens is 2. The number of non-ortho nitro benzene ring substituents is 2. The molecule has 0 aliphatic carbocycles. The summed E-state index contributed by atoms with van der Waals surface area (Å²) in [6.45, 7) is 0. The van der Waals surface area contributed by atoms with E-state index in [1.807, 2.05) is 0 Å². The molecular formula is C33H26F2N8O4S2. The number of rotatable bonds is 14. The first-order valence-corrected chi connectivity index (χ1v) is 16.6. The molecule has 2 heterocycles. The Hall–Kier alpha value is -5.48. The van der Waals surface area contributed by atoms with Crippen LogP contribution < -0.4 is 0 Å². The Bertz CT molecular complexity index is 1960. The number of nitrogens with zero attached hydrogens (tertiary/aromatic N) is 8. The fraction of sp³-hybridized carbons (Fsp3) is 0.152. The van der Waals surface area contributed by atoms with Gasteiger partial charge in [-0.1, -0.05) is 18.6 Å². The first-order valence-electron chi connectivity index (χ1n) is 15.0. The van der Waals surface area contributed by atoms with Gasteiger partial charge in [0.2, 0.25) is 10.3 Å². The number of benzene rings is 4. The van der Waals surface area contributed by atoms with Gasteiger partial charge in [-0.25, -0.2) is 8.78 Å². The highest BCUT2D eigenvalue weighted by Gasteiger charge is 2.19. The minimum absolute atomic E-state index is 0.0229. The lowest BCUT2D eigenvalue weighted by molar-refractivity contribution is -0.385. The normalized spacial score (nSPS) is 11.1. The van der Waals surface area contributed by atoms with E-state index >= 15 is 0 Å². The average Bonchev–Trinajstić information content (AvgIpc) is 3.68. The van der Waals surface area contributed by atoms with Crippen molar-refractivity contribution in [3.63, 3.8) is 0 Å². The SMILES string of the molecule is O=[N+]([O-])c1ccc(Sc2nnc(CCCCCc3nnc(Sc4ccc([N+](=O)[O-])cc4)n3-c3cccc(F)c3)n2-c2cccc(F)c2)cc1. The van der Waals surface area contributed by atoms with Gasteiger partial charge in [0, 0.05) is 46.9 Å². The topological polar surface area (TPSA) is 148 Å². The molecule has 0 saturated carbocycles. The quantitative estimate of drug-likeness (QED) is 0.0619. The predicted molar refractivity (Wildman–Crippen MR) is 178 cm³/mol. The Labute approximate surface area is 286 Å². The molecule has 6 rings (SSSR count). The second kappa shape index (κ2) is 15.2. The van der Waals surface area contributed by atoms with Gasteiger partial charge < -0.3 is 0 Å². The van der Waals surface area contributed by atoms with Gasteiger partial charge in [-0.15, -0.1) is 20.4 Å². The van der Waals surface area contributed by atoms with Crippen molar-refractivity contribution in [3.8, 4) is 11.4 Å². The molecule has 0 N–H and O–H groups in total. The molecule has 4 aromatic carbocycles. The van der Waals surface area contributed by atoms with Crippen LogP contribution in [0, 0.1) is 31.9 Å². The van der Waals surface area contributed by atoms with Gasteiger partial charge in [0.1, 0.15) is 23.3 Å². The van der Waals surface area contributed by atoms with Crippen molar-refractivity contribution in [2.24, 2.45) is 0 Å². The molecule has 0 saturated heterocycles. The van der Waals surface area contributed by atoms with Crippen molar-refractivity contribution < 1.29 is 18.6 Å². The maximum atomic E-state index is 14.2. The van der Waals surface area contributed by atoms with E-state index in [0.29, 0.717) is 46.2 Å². The van der Waals surface area contributed by atoms with Crippen LogP contribution >= 0.6 is 23.5 Å². The zero-order valence-electron chi connectivity index (χ0n) is 25.6. The third kappa shape index (κ3) is 8.16. The van der Waals surface area contributed by atoms with E-state index in [9.17, 15) is 29.0 Å². The summed E-state index contributed by atoms with van der Waals surface area (Å²) in [6, 6.07) is 24.4. The molecule has 0 bridgehead atoms. The number of unbranched alkanes of at least 4 members (excludes halogenated alkanes) is 2. The van der Waals surface area contributed by atoms with Crippen LogP contribution in [0.3, 0.4) is 0 Å². The molecule has 16 heteroatoms. The Kier molecular flexibility index (Phi) is 10.3. The van der Waals surface area contributed by atoms with Crippen LogP contribution in [0.5, 0.6) is 0 Å². The fourth-order valence-corrected chi connectivity index (χ4v) is 6.76. The van der Waals surface area contributed by atoms with E-state index < -0.39 is 21.5 Å². The first kappa shape index (κ1) is 33.4. The Morgan fingerprint density at radius 1 is 0.571 bits per heavy atom. The third-order valence-electron chi connectivity index (χ3n) is 7.35. The number of nitro groups is 2. The standard InChI is InChI=1S/C33H26F2N8O4S2/c34-22-6-4-8-26(20-22)40-30(36-38-32(40)48-28-16-12-24(13-17-28)42(44)45)10-2-1-3-11-31-37-39-33(41(31)27-9-5-7-23(35)21-27)49-29-18-14-25(15-19-29)43(46)47/h4-9,12-21H,1-3,10-11H2. The van der Waals surface area contributed by atoms with Crippen molar-refractivity contribution in [1.82, 2.24) is 29.5 Å². The number of hydrogen-bond acceptors (Lipinski definition) is 10. The third-order valence-corrected chi connectivity index (χ3v) is 9.26. The summed E-state index contributed by atoms with van der Waals surface area (Å²) < 4.78 is 32.1. The van der Waals surface area contributed by atoms with Crippen molar-refractivity contribution in [1.29, 1.82) is 0 Å². The van der Waals surface area contributed by atoms with Crippen molar-refractivity contribution in [3.05, 3.63) is 141 Å². The maximum Gasteiger partial charge on any atom is 0.269 e. The number of hydrogen-bond donors (Lipinski definition) is 0. The van der Waals surface area contributed by atoms with Gasteiger partial charge in [0.25, 0.3) is 11.4 Å². The van der Waals surface area contributed by atoms with Crippen LogP contribution in [0.15, 0.2) is 117 Å². The zero-order chi connectivity index (χ0) is 34.3. The molecule has 0 spiro atoms. The van der Waals surface area contributed by atoms with Gasteiger partial charge in [-0.2, -0.15) is 0 Å². The highest BCUT2D eigenvalue weighted by Crippen LogP contribution is 2.32. The van der Waals surface area contributed by atoms with Crippen molar-refractivity contribution >= 4 is 34.9 Å². The molecule has 0 atom stereocenters. The van der Waals surface area contributed by atoms with Crippen molar-refractivity contribution in [2.75, 3.05) is 0 Å². The molecule has 0 unspecified atom stereocenters. The van der Waals surface area contributed by atoms with Crippen LogP contribution in [-0.4, -0.2) is 39.4 Å². The zero-order valence-corrected chi connectivity index (χ0v) is 27.2. The van der Waals surface area contributed by atoms with Crippen LogP contribution in [0.1, 0.15) is 30.9 Å². The largest absolute Gasteiger partial charge is 0.274 e. The van der Waals surface area contributed by atoms with Crippen LogP contribution in [0.25, 0.3) is 11.4 Å². The predicted octanol–water partition coefficient (Wildman–Crippen LogP) is 8.20. The number of aryl methyl sites for hydroxylation is 2. The smallest absolute Gasteiger partial charge is 0.269 e. The van der Waals surface area contributed by atoms with Gasteiger partial charge in [-0.05, 0) is 97.0 Å². The Morgan fingerprint density at radius 2 is 0.980 bits per heavy atom. The number of nitro benzene ring substituents is 2. The van der Waals surface area contributed by atoms with E-state index in [1.165, 1.54) is 72.1 Å². The Morgan fingerprint density at radius 3 is 1.35 bits per heavy atom. The minimum atomic E-state index is -0.465. The molecule has 12 nitrogen and oxygen atoms in total. The average molecular weight is 701 g/mol. The molecule has 6 aromatic rings. The lowest BCUT2D eigenvalue weighted by Crippen LogP contribution is -2.05.